The van der Waals surface area contributed by atoms with Crippen molar-refractivity contribution in [2.75, 3.05) is 20.4 Å². The fourth-order valence-electron chi connectivity index (χ4n) is 5.55. The molecule has 200 valence electrons. The molecule has 9 nitrogen and oxygen atoms in total. The number of nitrogens with zero attached hydrogens (tertiary/aromatic N) is 1. The molecule has 2 heterocycles. The molecule has 0 amide bonds. The van der Waals surface area contributed by atoms with Gasteiger partial charge in [0.1, 0.15) is 17.9 Å². The summed E-state index contributed by atoms with van der Waals surface area (Å²) in [7, 11) is -2.22. The molecule has 1 aliphatic heterocycles. The van der Waals surface area contributed by atoms with Gasteiger partial charge in [-0.25, -0.2) is 4.79 Å². The van der Waals surface area contributed by atoms with Crippen molar-refractivity contribution in [1.82, 2.24) is 9.55 Å². The Balaban J connectivity index is 1.34. The molecule has 0 saturated carbocycles. The predicted octanol–water partition coefficient (Wildman–Crippen LogP) is 3.28. The van der Waals surface area contributed by atoms with Crippen molar-refractivity contribution < 1.29 is 23.5 Å². The number of methoxy groups -OCH3 is 1. The van der Waals surface area contributed by atoms with Crippen molar-refractivity contribution in [2.45, 2.75) is 37.7 Å². The van der Waals surface area contributed by atoms with E-state index in [4.69, 9.17) is 14.0 Å². The molecule has 1 aromatic heterocycles. The SMILES string of the molecule is CO[C@@H]1C[C@H](n2cc(C#Cc3ccc4ccc5c6c4c3CC=C6C=CC5)c(=O)[nH]c2=O)OC1COP(C)(=O)O. The second kappa shape index (κ2) is 9.91. The molecule has 0 spiro atoms. The Morgan fingerprint density at radius 2 is 1.97 bits per heavy atom. The van der Waals surface area contributed by atoms with Crippen LogP contribution in [0, 0.1) is 11.8 Å². The predicted molar refractivity (Wildman–Crippen MR) is 147 cm³/mol. The lowest BCUT2D eigenvalue weighted by atomic mass is 9.80. The van der Waals surface area contributed by atoms with Crippen LogP contribution in [0.1, 0.15) is 40.5 Å². The number of aromatic nitrogens is 2. The highest BCUT2D eigenvalue weighted by Gasteiger charge is 2.38. The van der Waals surface area contributed by atoms with Crippen molar-refractivity contribution >= 4 is 23.9 Å². The van der Waals surface area contributed by atoms with Gasteiger partial charge in [-0.05, 0) is 51.9 Å². The minimum atomic E-state index is -3.71. The van der Waals surface area contributed by atoms with Crippen molar-refractivity contribution in [3.05, 3.63) is 97.3 Å². The first-order valence-electron chi connectivity index (χ1n) is 12.7. The van der Waals surface area contributed by atoms with E-state index >= 15 is 0 Å². The first kappa shape index (κ1) is 25.8. The van der Waals surface area contributed by atoms with E-state index in [-0.39, 0.29) is 18.6 Å². The number of hydrogen-bond acceptors (Lipinski definition) is 6. The summed E-state index contributed by atoms with van der Waals surface area (Å²) < 4.78 is 29.2. The van der Waals surface area contributed by atoms with Crippen LogP contribution in [0.3, 0.4) is 0 Å². The minimum Gasteiger partial charge on any atom is -0.378 e. The summed E-state index contributed by atoms with van der Waals surface area (Å²) in [5.74, 6) is 6.14. The van der Waals surface area contributed by atoms with Gasteiger partial charge in [-0.1, -0.05) is 48.3 Å². The van der Waals surface area contributed by atoms with E-state index in [9.17, 15) is 19.0 Å². The number of aromatic amines is 1. The van der Waals surface area contributed by atoms with Gasteiger partial charge in [0.15, 0.2) is 0 Å². The zero-order valence-corrected chi connectivity index (χ0v) is 22.4. The van der Waals surface area contributed by atoms with Gasteiger partial charge in [-0.2, -0.15) is 0 Å². The van der Waals surface area contributed by atoms with E-state index in [1.54, 1.807) is 0 Å². The fourth-order valence-corrected chi connectivity index (χ4v) is 5.97. The van der Waals surface area contributed by atoms with Crippen LogP contribution in [0.4, 0.5) is 0 Å². The lowest BCUT2D eigenvalue weighted by Gasteiger charge is -2.23. The van der Waals surface area contributed by atoms with Crippen molar-refractivity contribution in [1.29, 1.82) is 0 Å². The summed E-state index contributed by atoms with van der Waals surface area (Å²) >= 11 is 0. The number of ether oxygens (including phenoxy) is 2. The summed E-state index contributed by atoms with van der Waals surface area (Å²) in [4.78, 5) is 37.1. The molecule has 3 aliphatic rings. The molecule has 1 fully saturated rings. The Labute approximate surface area is 224 Å². The average Bonchev–Trinajstić information content (AvgIpc) is 3.33. The molecule has 2 aliphatic carbocycles. The molecule has 2 unspecified atom stereocenters. The third kappa shape index (κ3) is 4.87. The van der Waals surface area contributed by atoms with Crippen LogP contribution >= 0.6 is 7.60 Å². The van der Waals surface area contributed by atoms with Crippen LogP contribution < -0.4 is 11.2 Å². The summed E-state index contributed by atoms with van der Waals surface area (Å²) in [5.41, 5.74) is 4.64. The molecule has 2 aromatic carbocycles. The molecule has 10 heteroatoms. The maximum atomic E-state index is 12.7. The Kier molecular flexibility index (Phi) is 6.54. The van der Waals surface area contributed by atoms with Crippen LogP contribution in [0.5, 0.6) is 0 Å². The molecule has 6 rings (SSSR count). The topological polar surface area (TPSA) is 120 Å². The lowest BCUT2D eigenvalue weighted by molar-refractivity contribution is -0.0498. The third-order valence-electron chi connectivity index (χ3n) is 7.40. The number of hydrogen-bond donors (Lipinski definition) is 2. The van der Waals surface area contributed by atoms with Crippen LogP contribution in [0.2, 0.25) is 0 Å². The van der Waals surface area contributed by atoms with E-state index in [2.05, 4.69) is 53.3 Å². The van der Waals surface area contributed by atoms with Crippen molar-refractivity contribution in [3.63, 3.8) is 0 Å². The normalized spacial score (nSPS) is 22.7. The van der Waals surface area contributed by atoms with Gasteiger partial charge in [-0.15, -0.1) is 0 Å². The monoisotopic (exact) mass is 546 g/mol. The number of rotatable bonds is 5. The van der Waals surface area contributed by atoms with Gasteiger partial charge in [0.2, 0.25) is 0 Å². The van der Waals surface area contributed by atoms with E-state index < -0.39 is 37.3 Å². The van der Waals surface area contributed by atoms with Crippen LogP contribution in [0.25, 0.3) is 16.3 Å². The quantitative estimate of drug-likeness (QED) is 0.372. The zero-order chi connectivity index (χ0) is 27.3. The minimum absolute atomic E-state index is 0.123. The Morgan fingerprint density at radius 3 is 2.77 bits per heavy atom. The number of benzene rings is 2. The maximum absolute atomic E-state index is 12.7. The van der Waals surface area contributed by atoms with E-state index in [1.165, 1.54) is 40.0 Å². The van der Waals surface area contributed by atoms with E-state index in [1.807, 2.05) is 6.07 Å². The second-order valence-corrected chi connectivity index (χ2v) is 11.8. The third-order valence-corrected chi connectivity index (χ3v) is 8.03. The second-order valence-electron chi connectivity index (χ2n) is 9.96. The van der Waals surface area contributed by atoms with Gasteiger partial charge in [0.05, 0.1) is 12.7 Å². The van der Waals surface area contributed by atoms with Gasteiger partial charge in [0, 0.05) is 32.0 Å². The molecule has 0 bridgehead atoms. The molecule has 39 heavy (non-hydrogen) atoms. The van der Waals surface area contributed by atoms with Crippen molar-refractivity contribution in [3.8, 4) is 11.8 Å². The Bertz CT molecular complexity index is 1780. The number of nitrogens with one attached hydrogen (secondary N) is 1. The molecular weight excluding hydrogens is 519 g/mol. The standard InChI is InChI=1S/C29H27N2O7P/c1-36-23-14-25(38-24(23)16-37-39(2,34)35)31-15-21(28(32)30-29(31)33)11-7-17-6-8-20-10-9-18-4-3-5-19-12-13-22(17)27(20)26(18)19/h3,5-6,8-10,12,15,23-25H,4,13-14,16H2,1-2H3,(H,34,35)(H,30,32,33)/t23-,24?,25-/m1/s1. The first-order valence-corrected chi connectivity index (χ1v) is 14.7. The highest BCUT2D eigenvalue weighted by atomic mass is 31.2. The van der Waals surface area contributed by atoms with Gasteiger partial charge >= 0.3 is 13.3 Å². The molecule has 3 aromatic rings. The van der Waals surface area contributed by atoms with Crippen LogP contribution in [-0.2, 0) is 31.4 Å². The van der Waals surface area contributed by atoms with E-state index in [0.717, 1.165) is 36.0 Å². The lowest BCUT2D eigenvalue weighted by Crippen LogP contribution is -2.33. The number of H-pyrrole nitrogens is 1. The largest absolute Gasteiger partial charge is 0.378 e. The highest BCUT2D eigenvalue weighted by Crippen LogP contribution is 2.40. The van der Waals surface area contributed by atoms with Gasteiger partial charge in [-0.3, -0.25) is 18.9 Å². The average molecular weight is 547 g/mol. The summed E-state index contributed by atoms with van der Waals surface area (Å²) in [6.07, 6.45) is 7.97. The molecular formula is C29H27N2O7P. The molecule has 1 saturated heterocycles. The van der Waals surface area contributed by atoms with Gasteiger partial charge < -0.3 is 18.9 Å². The first-order chi connectivity index (χ1) is 18.7. The molecule has 2 N–H and O–H groups in total. The maximum Gasteiger partial charge on any atom is 0.330 e. The Hall–Kier alpha value is -3.51. The van der Waals surface area contributed by atoms with Gasteiger partial charge in [0.25, 0.3) is 5.56 Å². The van der Waals surface area contributed by atoms with Crippen molar-refractivity contribution in [2.24, 2.45) is 0 Å². The summed E-state index contributed by atoms with van der Waals surface area (Å²) in [5, 5.41) is 2.37. The van der Waals surface area contributed by atoms with Crippen LogP contribution in [0.15, 0.2) is 58.3 Å². The molecule has 4 atom stereocenters. The summed E-state index contributed by atoms with van der Waals surface area (Å²) in [6.45, 7) is 0.910. The number of allylic oxidation sites excluding steroid dienone is 4. The smallest absolute Gasteiger partial charge is 0.330 e. The fraction of sp³-hybridized carbons (Fsp3) is 0.310. The van der Waals surface area contributed by atoms with E-state index in [0.29, 0.717) is 0 Å². The summed E-state index contributed by atoms with van der Waals surface area (Å²) in [6, 6.07) is 8.35. The zero-order valence-electron chi connectivity index (χ0n) is 21.5. The molecule has 0 radical (unpaired) electrons. The highest BCUT2D eigenvalue weighted by molar-refractivity contribution is 7.51. The van der Waals surface area contributed by atoms with Crippen LogP contribution in [-0.4, -0.2) is 47.0 Å². The Morgan fingerprint density at radius 1 is 1.18 bits per heavy atom.